The predicted octanol–water partition coefficient (Wildman–Crippen LogP) is 6.04. The van der Waals surface area contributed by atoms with Gasteiger partial charge in [0.25, 0.3) is 0 Å². The number of hydrogen-bond acceptors (Lipinski definition) is 4. The van der Waals surface area contributed by atoms with Gasteiger partial charge in [-0.15, -0.1) is 0 Å². The van der Waals surface area contributed by atoms with Gasteiger partial charge in [-0.2, -0.15) is 0 Å². The molecule has 28 heavy (non-hydrogen) atoms. The number of esters is 1. The Labute approximate surface area is 166 Å². The van der Waals surface area contributed by atoms with Gasteiger partial charge < -0.3 is 14.2 Å². The standard InChI is InChI=1S/C24H26O4/c1-5-7-8-9-16-13-19-22(23-21(16)24(25)28-20(6-2)27-23)18-12-14(3)10-11-17(18)15(4)26-19/h10-13,20H,4-9H2,1-3H3. The topological polar surface area (TPSA) is 44.8 Å². The maximum absolute atomic E-state index is 12.9. The van der Waals surface area contributed by atoms with Crippen LogP contribution in [0, 0.1) is 6.92 Å². The van der Waals surface area contributed by atoms with Crippen LogP contribution in [0.5, 0.6) is 11.5 Å². The van der Waals surface area contributed by atoms with Gasteiger partial charge in [0.15, 0.2) is 5.75 Å². The molecule has 0 saturated heterocycles. The molecule has 2 heterocycles. The summed E-state index contributed by atoms with van der Waals surface area (Å²) >= 11 is 0. The van der Waals surface area contributed by atoms with Crippen LogP contribution in [0.3, 0.4) is 0 Å². The average Bonchev–Trinajstić information content (AvgIpc) is 2.67. The van der Waals surface area contributed by atoms with Crippen molar-refractivity contribution >= 4 is 11.7 Å². The molecule has 0 spiro atoms. The fraction of sp³-hybridized carbons (Fsp3) is 0.375. The van der Waals surface area contributed by atoms with Crippen LogP contribution < -0.4 is 9.47 Å². The molecule has 2 aromatic carbocycles. The largest absolute Gasteiger partial charge is 0.457 e. The van der Waals surface area contributed by atoms with Crippen molar-refractivity contribution in [3.8, 4) is 22.6 Å². The van der Waals surface area contributed by atoms with Gasteiger partial charge in [0.1, 0.15) is 17.1 Å². The van der Waals surface area contributed by atoms with Crippen LogP contribution in [0.1, 0.15) is 66.6 Å². The van der Waals surface area contributed by atoms with Crippen molar-refractivity contribution in [2.24, 2.45) is 0 Å². The minimum atomic E-state index is -0.576. The van der Waals surface area contributed by atoms with Crippen molar-refractivity contribution < 1.29 is 19.0 Å². The zero-order valence-electron chi connectivity index (χ0n) is 16.8. The highest BCUT2D eigenvalue weighted by atomic mass is 16.7. The number of fused-ring (bicyclic) bond motifs is 5. The maximum atomic E-state index is 12.9. The summed E-state index contributed by atoms with van der Waals surface area (Å²) in [5, 5.41) is 0. The molecule has 2 aliphatic rings. The van der Waals surface area contributed by atoms with E-state index in [1.165, 1.54) is 0 Å². The Morgan fingerprint density at radius 1 is 1.04 bits per heavy atom. The predicted molar refractivity (Wildman–Crippen MR) is 110 cm³/mol. The Morgan fingerprint density at radius 3 is 2.61 bits per heavy atom. The third-order valence-electron chi connectivity index (χ3n) is 5.38. The number of cyclic esters (lactones) is 1. The second-order valence-corrected chi connectivity index (χ2v) is 7.51. The summed E-state index contributed by atoms with van der Waals surface area (Å²) in [7, 11) is 0. The molecule has 1 unspecified atom stereocenters. The third-order valence-corrected chi connectivity index (χ3v) is 5.38. The third kappa shape index (κ3) is 3.07. The first-order valence-corrected chi connectivity index (χ1v) is 10.1. The highest BCUT2D eigenvalue weighted by Gasteiger charge is 2.36. The lowest BCUT2D eigenvalue weighted by molar-refractivity contribution is -0.0611. The smallest absolute Gasteiger partial charge is 0.345 e. The summed E-state index contributed by atoms with van der Waals surface area (Å²) < 4.78 is 17.8. The van der Waals surface area contributed by atoms with Gasteiger partial charge in [-0.25, -0.2) is 4.79 Å². The molecule has 0 saturated carbocycles. The quantitative estimate of drug-likeness (QED) is 0.470. The number of rotatable bonds is 5. The first-order valence-electron chi connectivity index (χ1n) is 10.1. The summed E-state index contributed by atoms with van der Waals surface area (Å²) in [5.41, 5.74) is 5.34. The van der Waals surface area contributed by atoms with Crippen LogP contribution in [0.15, 0.2) is 30.8 Å². The van der Waals surface area contributed by atoms with E-state index in [4.69, 9.17) is 14.2 Å². The van der Waals surface area contributed by atoms with E-state index in [9.17, 15) is 4.79 Å². The van der Waals surface area contributed by atoms with E-state index in [2.05, 4.69) is 19.6 Å². The molecule has 0 amide bonds. The van der Waals surface area contributed by atoms with E-state index in [0.717, 1.165) is 53.5 Å². The van der Waals surface area contributed by atoms with Crippen LogP contribution in [0.4, 0.5) is 0 Å². The van der Waals surface area contributed by atoms with Crippen LogP contribution in [-0.4, -0.2) is 12.3 Å². The lowest BCUT2D eigenvalue weighted by Gasteiger charge is -2.32. The molecule has 0 aliphatic carbocycles. The lowest BCUT2D eigenvalue weighted by Crippen LogP contribution is -2.31. The van der Waals surface area contributed by atoms with Crippen molar-refractivity contribution in [1.82, 2.24) is 0 Å². The van der Waals surface area contributed by atoms with Crippen molar-refractivity contribution in [1.29, 1.82) is 0 Å². The molecule has 0 aromatic heterocycles. The van der Waals surface area contributed by atoms with E-state index in [1.54, 1.807) is 0 Å². The van der Waals surface area contributed by atoms with Crippen LogP contribution in [0.25, 0.3) is 16.9 Å². The maximum Gasteiger partial charge on any atom is 0.345 e. The number of benzene rings is 2. The Kier molecular flexibility index (Phi) is 4.88. The first-order chi connectivity index (χ1) is 13.5. The van der Waals surface area contributed by atoms with Gasteiger partial charge >= 0.3 is 5.97 Å². The van der Waals surface area contributed by atoms with Crippen LogP contribution in [0.2, 0.25) is 0 Å². The average molecular weight is 378 g/mol. The van der Waals surface area contributed by atoms with Crippen LogP contribution in [-0.2, 0) is 11.2 Å². The number of carbonyl (C=O) groups excluding carboxylic acids is 1. The molecular weight excluding hydrogens is 352 g/mol. The van der Waals surface area contributed by atoms with E-state index in [0.29, 0.717) is 29.2 Å². The monoisotopic (exact) mass is 378 g/mol. The van der Waals surface area contributed by atoms with E-state index in [1.807, 2.05) is 32.0 Å². The van der Waals surface area contributed by atoms with Crippen LogP contribution >= 0.6 is 0 Å². The molecule has 0 N–H and O–H groups in total. The van der Waals surface area contributed by atoms with Gasteiger partial charge in [-0.3, -0.25) is 0 Å². The van der Waals surface area contributed by atoms with E-state index in [-0.39, 0.29) is 5.97 Å². The van der Waals surface area contributed by atoms with Gasteiger partial charge in [-0.05, 0) is 31.4 Å². The molecule has 0 fully saturated rings. The summed E-state index contributed by atoms with van der Waals surface area (Å²) in [6, 6.07) is 8.12. The molecular formula is C24H26O4. The molecule has 0 radical (unpaired) electrons. The normalized spacial score (nSPS) is 17.0. The fourth-order valence-corrected chi connectivity index (χ4v) is 3.92. The molecule has 2 aliphatic heterocycles. The van der Waals surface area contributed by atoms with Gasteiger partial charge in [0.2, 0.25) is 6.29 Å². The van der Waals surface area contributed by atoms with Crippen molar-refractivity contribution in [2.45, 2.75) is 59.2 Å². The van der Waals surface area contributed by atoms with Gasteiger partial charge in [0, 0.05) is 17.5 Å². The number of ether oxygens (including phenoxy) is 3. The van der Waals surface area contributed by atoms with E-state index < -0.39 is 6.29 Å². The van der Waals surface area contributed by atoms with Gasteiger partial charge in [-0.1, -0.05) is 57.0 Å². The molecule has 2 aromatic rings. The number of aryl methyl sites for hydroxylation is 2. The Bertz CT molecular complexity index is 958. The Morgan fingerprint density at radius 2 is 1.86 bits per heavy atom. The molecule has 1 atom stereocenters. The van der Waals surface area contributed by atoms with Crippen molar-refractivity contribution in [2.75, 3.05) is 0 Å². The molecule has 0 bridgehead atoms. The molecule has 4 heteroatoms. The number of unbranched alkanes of at least 4 members (excludes halogenated alkanes) is 2. The second-order valence-electron chi connectivity index (χ2n) is 7.51. The summed E-state index contributed by atoms with van der Waals surface area (Å²) in [6.45, 7) is 10.2. The fourth-order valence-electron chi connectivity index (χ4n) is 3.92. The zero-order valence-corrected chi connectivity index (χ0v) is 16.8. The highest BCUT2D eigenvalue weighted by molar-refractivity contribution is 6.02. The first kappa shape index (κ1) is 18.6. The van der Waals surface area contributed by atoms with Crippen molar-refractivity contribution in [3.63, 3.8) is 0 Å². The number of hydrogen-bond donors (Lipinski definition) is 0. The Hall–Kier alpha value is -2.75. The zero-order chi connectivity index (χ0) is 19.8. The highest BCUT2D eigenvalue weighted by Crippen LogP contribution is 2.51. The SMILES string of the molecule is C=C1Oc2cc(CCCCC)c3c(c2-c2cc(C)ccc21)OC(CC)OC3=O. The second kappa shape index (κ2) is 7.34. The minimum absolute atomic E-state index is 0.305. The molecule has 4 rings (SSSR count). The lowest BCUT2D eigenvalue weighted by atomic mass is 9.88. The van der Waals surface area contributed by atoms with E-state index >= 15 is 0 Å². The summed E-state index contributed by atoms with van der Waals surface area (Å²) in [4.78, 5) is 12.9. The molecule has 146 valence electrons. The van der Waals surface area contributed by atoms with Crippen molar-refractivity contribution in [3.05, 3.63) is 53.1 Å². The minimum Gasteiger partial charge on any atom is -0.457 e. The molecule has 4 nitrogen and oxygen atoms in total. The van der Waals surface area contributed by atoms with Gasteiger partial charge in [0.05, 0.1) is 5.56 Å². The summed E-state index contributed by atoms with van der Waals surface area (Å²) in [6.07, 6.45) is 4.03. The Balaban J connectivity index is 1.94. The number of carbonyl (C=O) groups is 1. The summed E-state index contributed by atoms with van der Waals surface area (Å²) in [5.74, 6) is 1.61.